The molecule has 6 heteroatoms. The van der Waals surface area contributed by atoms with Crippen molar-refractivity contribution in [2.75, 3.05) is 30.8 Å². The van der Waals surface area contributed by atoms with Crippen LogP contribution < -0.4 is 10.6 Å². The number of aromatic hydroxyl groups is 1. The number of rotatable bonds is 3. The molecule has 2 aliphatic rings. The second kappa shape index (κ2) is 5.96. The topological polar surface area (TPSA) is 90.0 Å². The number of aromatic carboxylic acids is 1. The van der Waals surface area contributed by atoms with Crippen molar-refractivity contribution < 1.29 is 15.0 Å². The summed E-state index contributed by atoms with van der Waals surface area (Å²) in [6, 6.07) is 3.23. The van der Waals surface area contributed by atoms with Crippen LogP contribution in [0.5, 0.6) is 5.75 Å². The number of likely N-dealkylation sites (N-methyl/N-ethyl adjacent to an activating group) is 1. The fourth-order valence-electron chi connectivity index (χ4n) is 3.39. The molecule has 1 fully saturated rings. The van der Waals surface area contributed by atoms with Crippen molar-refractivity contribution in [1.82, 2.24) is 4.90 Å². The predicted octanol–water partition coefficient (Wildman–Crippen LogP) is 2.03. The Kier molecular flexibility index (Phi) is 4.00. The minimum absolute atomic E-state index is 0.142. The molecule has 4 N–H and O–H groups in total. The lowest BCUT2D eigenvalue weighted by atomic mass is 10.0. The molecule has 6 nitrogen and oxygen atoms in total. The molecule has 1 aromatic rings. The van der Waals surface area contributed by atoms with Crippen molar-refractivity contribution in [3.05, 3.63) is 41.6 Å². The van der Waals surface area contributed by atoms with E-state index >= 15 is 0 Å². The van der Waals surface area contributed by atoms with Gasteiger partial charge in [-0.15, -0.1) is 0 Å². The van der Waals surface area contributed by atoms with Crippen LogP contribution in [-0.2, 0) is 0 Å². The molecule has 2 aliphatic heterocycles. The second-order valence-corrected chi connectivity index (χ2v) is 6.05. The minimum atomic E-state index is -1.17. The Balaban J connectivity index is 1.92. The van der Waals surface area contributed by atoms with Crippen LogP contribution in [0.15, 0.2) is 36.1 Å². The highest BCUT2D eigenvalue weighted by molar-refractivity contribution is 5.96. The maximum Gasteiger partial charge on any atom is 0.339 e. The highest BCUT2D eigenvalue weighted by Gasteiger charge is 2.28. The summed E-state index contributed by atoms with van der Waals surface area (Å²) in [7, 11) is 2.11. The first-order valence-electron chi connectivity index (χ1n) is 7.68. The molecule has 1 aromatic carbocycles. The van der Waals surface area contributed by atoms with E-state index in [9.17, 15) is 15.0 Å². The van der Waals surface area contributed by atoms with Gasteiger partial charge in [-0.1, -0.05) is 6.08 Å². The number of carboxylic acid groups (broad SMARTS) is 1. The largest absolute Gasteiger partial charge is 0.505 e. The summed E-state index contributed by atoms with van der Waals surface area (Å²) in [6.45, 7) is 1.67. The first-order chi connectivity index (χ1) is 11.0. The molecule has 0 unspecified atom stereocenters. The average Bonchev–Trinajstić information content (AvgIpc) is 2.93. The summed E-state index contributed by atoms with van der Waals surface area (Å²) < 4.78 is 0. The highest BCUT2D eigenvalue weighted by atomic mass is 16.4. The number of phenols is 1. The van der Waals surface area contributed by atoms with Gasteiger partial charge in [0, 0.05) is 18.8 Å². The number of hydrogen-bond acceptors (Lipinski definition) is 5. The molecule has 0 radical (unpaired) electrons. The molecule has 0 spiro atoms. The lowest BCUT2D eigenvalue weighted by Crippen LogP contribution is -2.34. The Morgan fingerprint density at radius 3 is 2.83 bits per heavy atom. The summed E-state index contributed by atoms with van der Waals surface area (Å²) >= 11 is 0. The zero-order valence-corrected chi connectivity index (χ0v) is 13.1. The van der Waals surface area contributed by atoms with Gasteiger partial charge >= 0.3 is 5.97 Å². The van der Waals surface area contributed by atoms with E-state index in [1.807, 2.05) is 17.2 Å². The number of benzene rings is 1. The van der Waals surface area contributed by atoms with Gasteiger partial charge in [0.1, 0.15) is 11.3 Å². The van der Waals surface area contributed by atoms with Gasteiger partial charge < -0.3 is 20.8 Å². The third-order valence-electron chi connectivity index (χ3n) is 4.58. The van der Waals surface area contributed by atoms with E-state index in [2.05, 4.69) is 18.0 Å². The van der Waals surface area contributed by atoms with Crippen LogP contribution in [0, 0.1) is 0 Å². The van der Waals surface area contributed by atoms with Crippen LogP contribution in [0.25, 0.3) is 0 Å². The van der Waals surface area contributed by atoms with Gasteiger partial charge in [-0.05, 0) is 50.2 Å². The van der Waals surface area contributed by atoms with Crippen LogP contribution in [0.2, 0.25) is 0 Å². The molecule has 0 aromatic heterocycles. The number of nitrogens with zero attached hydrogens (tertiary/aromatic N) is 2. The Bertz CT molecular complexity index is 697. The first-order valence-corrected chi connectivity index (χ1v) is 7.68. The van der Waals surface area contributed by atoms with Gasteiger partial charge in [-0.25, -0.2) is 4.79 Å². The van der Waals surface area contributed by atoms with E-state index in [4.69, 9.17) is 5.73 Å². The lowest BCUT2D eigenvalue weighted by molar-refractivity contribution is 0.0694. The number of nitrogens with two attached hydrogens (primary N) is 1. The van der Waals surface area contributed by atoms with E-state index in [1.165, 1.54) is 24.1 Å². The maximum atomic E-state index is 11.2. The number of likely N-dealkylation sites (tertiary alicyclic amines) is 1. The molecule has 1 atom stereocenters. The molecular weight excluding hydrogens is 294 g/mol. The van der Waals surface area contributed by atoms with E-state index in [1.54, 1.807) is 0 Å². The molecule has 0 amide bonds. The van der Waals surface area contributed by atoms with E-state index < -0.39 is 5.97 Å². The quantitative estimate of drug-likeness (QED) is 0.740. The predicted molar refractivity (Wildman–Crippen MR) is 89.7 cm³/mol. The van der Waals surface area contributed by atoms with Gasteiger partial charge in [0.2, 0.25) is 0 Å². The third-order valence-corrected chi connectivity index (χ3v) is 4.58. The fourth-order valence-corrected chi connectivity index (χ4v) is 3.39. The number of nitrogen functional groups attached to an aromatic ring is 1. The average molecular weight is 315 g/mol. The lowest BCUT2D eigenvalue weighted by Gasteiger charge is -2.31. The SMILES string of the molecule is CN1CCC[C@H]1C1=CC=CN(c2c(N)ccc(C(=O)O)c2O)C1. The number of allylic oxidation sites excluding steroid dienone is 2. The van der Waals surface area contributed by atoms with Gasteiger partial charge in [-0.2, -0.15) is 0 Å². The van der Waals surface area contributed by atoms with Crippen molar-refractivity contribution in [2.45, 2.75) is 18.9 Å². The van der Waals surface area contributed by atoms with Crippen LogP contribution >= 0.6 is 0 Å². The van der Waals surface area contributed by atoms with Crippen molar-refractivity contribution in [2.24, 2.45) is 0 Å². The normalized spacial score (nSPS) is 21.5. The molecule has 0 bridgehead atoms. The Labute approximate surface area is 135 Å². The minimum Gasteiger partial charge on any atom is -0.505 e. The highest BCUT2D eigenvalue weighted by Crippen LogP contribution is 2.38. The van der Waals surface area contributed by atoms with Gasteiger partial charge in [-0.3, -0.25) is 4.90 Å². The zero-order valence-electron chi connectivity index (χ0n) is 13.1. The molecule has 1 saturated heterocycles. The van der Waals surface area contributed by atoms with Gasteiger partial charge in [0.15, 0.2) is 5.75 Å². The molecule has 23 heavy (non-hydrogen) atoms. The number of carbonyl (C=O) groups is 1. The van der Waals surface area contributed by atoms with E-state index in [-0.39, 0.29) is 11.3 Å². The van der Waals surface area contributed by atoms with Crippen LogP contribution in [-0.4, -0.2) is 47.3 Å². The standard InChI is InChI=1S/C17H21N3O3/c1-19-8-3-5-14(19)11-4-2-9-20(10-11)15-13(18)7-6-12(16(15)21)17(22)23/h2,4,6-7,9,14,21H,3,5,8,10,18H2,1H3,(H,22,23)/t14-/m0/s1. The third kappa shape index (κ3) is 2.77. The summed E-state index contributed by atoms with van der Waals surface area (Å²) in [5.74, 6) is -1.46. The summed E-state index contributed by atoms with van der Waals surface area (Å²) in [5.41, 5.74) is 7.80. The van der Waals surface area contributed by atoms with Crippen molar-refractivity contribution >= 4 is 17.3 Å². The van der Waals surface area contributed by atoms with Crippen molar-refractivity contribution in [3.8, 4) is 5.75 Å². The number of hydrogen-bond donors (Lipinski definition) is 3. The van der Waals surface area contributed by atoms with Gasteiger partial charge in [0.05, 0.1) is 5.69 Å². The monoisotopic (exact) mass is 315 g/mol. The fraction of sp³-hybridized carbons (Fsp3) is 0.353. The zero-order chi connectivity index (χ0) is 16.6. The summed E-state index contributed by atoms with van der Waals surface area (Å²) in [5, 5.41) is 19.5. The van der Waals surface area contributed by atoms with Crippen LogP contribution in [0.4, 0.5) is 11.4 Å². The van der Waals surface area contributed by atoms with E-state index in [0.717, 1.165) is 13.0 Å². The number of anilines is 2. The molecule has 3 rings (SSSR count). The summed E-state index contributed by atoms with van der Waals surface area (Å²) in [6.07, 6.45) is 8.11. The Morgan fingerprint density at radius 1 is 1.39 bits per heavy atom. The Hall–Kier alpha value is -2.47. The first kappa shape index (κ1) is 15.4. The Morgan fingerprint density at radius 2 is 2.17 bits per heavy atom. The molecule has 0 saturated carbocycles. The molecule has 122 valence electrons. The molecular formula is C17H21N3O3. The summed E-state index contributed by atoms with van der Waals surface area (Å²) in [4.78, 5) is 15.4. The van der Waals surface area contributed by atoms with Crippen LogP contribution in [0.1, 0.15) is 23.2 Å². The van der Waals surface area contributed by atoms with E-state index in [0.29, 0.717) is 24.0 Å². The van der Waals surface area contributed by atoms with Crippen LogP contribution in [0.3, 0.4) is 0 Å². The second-order valence-electron chi connectivity index (χ2n) is 6.05. The van der Waals surface area contributed by atoms with Gasteiger partial charge in [0.25, 0.3) is 0 Å². The van der Waals surface area contributed by atoms with Crippen molar-refractivity contribution in [3.63, 3.8) is 0 Å². The maximum absolute atomic E-state index is 11.2. The smallest absolute Gasteiger partial charge is 0.339 e. The van der Waals surface area contributed by atoms with Crippen molar-refractivity contribution in [1.29, 1.82) is 0 Å². The molecule has 0 aliphatic carbocycles. The number of carboxylic acids is 1. The molecule has 2 heterocycles.